The molecule has 2 aromatic rings. The second-order valence-electron chi connectivity index (χ2n) is 15.2. The minimum atomic E-state index is -2.01. The minimum Gasteiger partial charge on any atom is -0.507 e. The van der Waals surface area contributed by atoms with E-state index in [1.165, 1.54) is 52.5 Å². The smallest absolute Gasteiger partial charge is 0.312 e. The van der Waals surface area contributed by atoms with Crippen molar-refractivity contribution in [3.05, 3.63) is 52.8 Å². The van der Waals surface area contributed by atoms with E-state index in [9.17, 15) is 40.2 Å². The molecule has 14 nitrogen and oxygen atoms in total. The number of hydrogen-bond donors (Lipinski definition) is 7. The maximum absolute atomic E-state index is 14.3. The van der Waals surface area contributed by atoms with Crippen LogP contribution < -0.4 is 10.1 Å². The SMILES string of the molecule is CCCN(CCC)/N=C\c1c2c(O)c3c(O)c(C)c4c(c3c1O)C(=O)[C@@](C)(O/C=C/[C@@H](OC)[C@@H](C)[C@@H](O)[C@H](C)[C@@H](O)[C@H](C)[C@@H](O)[C@H](C)/C=C/C=C(/C)C(=O)N2)O4. The van der Waals surface area contributed by atoms with Crippen molar-refractivity contribution in [2.45, 2.75) is 105 Å². The molecule has 0 aromatic heterocycles. The number of ketones is 1. The predicted molar refractivity (Wildman–Crippen MR) is 214 cm³/mol. The van der Waals surface area contributed by atoms with Crippen LogP contribution in [0.3, 0.4) is 0 Å². The summed E-state index contributed by atoms with van der Waals surface area (Å²) in [5, 5.41) is 77.7. The highest BCUT2D eigenvalue weighted by atomic mass is 16.7. The molecular weight excluding hydrogens is 722 g/mol. The van der Waals surface area contributed by atoms with Gasteiger partial charge in [-0.15, -0.1) is 0 Å². The van der Waals surface area contributed by atoms with E-state index in [4.69, 9.17) is 14.2 Å². The molecule has 0 saturated heterocycles. The molecule has 9 atom stereocenters. The zero-order valence-electron chi connectivity index (χ0n) is 34.0. The molecule has 0 fully saturated rings. The number of nitrogens with zero attached hydrogens (tertiary/aromatic N) is 2. The number of fused-ring (bicyclic) bond motifs is 14. The molecule has 14 heteroatoms. The number of anilines is 1. The van der Waals surface area contributed by atoms with Crippen molar-refractivity contribution in [2.24, 2.45) is 28.8 Å². The molecule has 0 saturated carbocycles. The zero-order chi connectivity index (χ0) is 41.8. The highest BCUT2D eigenvalue weighted by molar-refractivity contribution is 6.23. The number of carbonyl (C=O) groups is 2. The monoisotopic (exact) mass is 781 g/mol. The summed E-state index contributed by atoms with van der Waals surface area (Å²) in [6.45, 7) is 16.4. The Morgan fingerprint density at radius 1 is 0.893 bits per heavy atom. The number of benzene rings is 2. The van der Waals surface area contributed by atoms with Gasteiger partial charge >= 0.3 is 5.79 Å². The lowest BCUT2D eigenvalue weighted by Crippen LogP contribution is -2.44. The van der Waals surface area contributed by atoms with Gasteiger partial charge in [0.25, 0.3) is 11.7 Å². The number of hydrogen-bond acceptors (Lipinski definition) is 13. The van der Waals surface area contributed by atoms with Crippen LogP contribution in [0.4, 0.5) is 5.69 Å². The normalized spacial score (nSPS) is 31.2. The summed E-state index contributed by atoms with van der Waals surface area (Å²) in [5.41, 5.74) is -0.294. The number of phenolic OH excluding ortho intramolecular Hbond substituents is 3. The van der Waals surface area contributed by atoms with E-state index in [1.807, 2.05) is 13.8 Å². The highest BCUT2D eigenvalue weighted by Gasteiger charge is 2.50. The summed E-state index contributed by atoms with van der Waals surface area (Å²) in [6.07, 6.45) is 6.33. The van der Waals surface area contributed by atoms with Gasteiger partial charge in [0.05, 0.1) is 59.1 Å². The minimum absolute atomic E-state index is 0.0685. The Kier molecular flexibility index (Phi) is 14.2. The molecule has 7 N–H and O–H groups in total. The molecule has 0 aliphatic carbocycles. The maximum Gasteiger partial charge on any atom is 0.312 e. The summed E-state index contributed by atoms with van der Waals surface area (Å²) in [6, 6.07) is 0. The maximum atomic E-state index is 14.3. The van der Waals surface area contributed by atoms with Crippen molar-refractivity contribution in [1.29, 1.82) is 0 Å². The summed E-state index contributed by atoms with van der Waals surface area (Å²) in [7, 11) is 1.44. The Hall–Kier alpha value is -4.63. The first-order chi connectivity index (χ1) is 26.4. The van der Waals surface area contributed by atoms with Crippen molar-refractivity contribution >= 4 is 34.4 Å². The van der Waals surface area contributed by atoms with Crippen LogP contribution in [0.1, 0.15) is 89.7 Å². The van der Waals surface area contributed by atoms with Crippen LogP contribution in [0.25, 0.3) is 10.8 Å². The Morgan fingerprint density at radius 3 is 2.11 bits per heavy atom. The molecule has 1 amide bonds. The van der Waals surface area contributed by atoms with Crippen molar-refractivity contribution in [2.75, 3.05) is 25.5 Å². The summed E-state index contributed by atoms with van der Waals surface area (Å²) in [4.78, 5) is 28.0. The highest BCUT2D eigenvalue weighted by Crippen LogP contribution is 2.55. The Morgan fingerprint density at radius 2 is 1.50 bits per heavy atom. The number of carbonyl (C=O) groups excluding carboxylic acids is 2. The van der Waals surface area contributed by atoms with Gasteiger partial charge in [0.15, 0.2) is 5.75 Å². The summed E-state index contributed by atoms with van der Waals surface area (Å²) >= 11 is 0. The van der Waals surface area contributed by atoms with Crippen molar-refractivity contribution in [3.8, 4) is 23.0 Å². The van der Waals surface area contributed by atoms with E-state index in [0.717, 1.165) is 12.8 Å². The predicted octanol–water partition coefficient (Wildman–Crippen LogP) is 5.64. The molecule has 308 valence electrons. The largest absolute Gasteiger partial charge is 0.507 e. The van der Waals surface area contributed by atoms with Crippen LogP contribution >= 0.6 is 0 Å². The third-order valence-corrected chi connectivity index (χ3v) is 11.1. The van der Waals surface area contributed by atoms with E-state index in [-0.39, 0.29) is 44.5 Å². The number of hydrazone groups is 1. The molecule has 5 bridgehead atoms. The quantitative estimate of drug-likeness (QED) is 0.0788. The number of methoxy groups -OCH3 is 1. The number of nitrogens with one attached hydrogen (secondary N) is 1. The van der Waals surface area contributed by atoms with Gasteiger partial charge in [-0.2, -0.15) is 5.10 Å². The summed E-state index contributed by atoms with van der Waals surface area (Å²) < 4.78 is 17.7. The molecule has 56 heavy (non-hydrogen) atoms. The lowest BCUT2D eigenvalue weighted by molar-refractivity contribution is -0.112. The first-order valence-corrected chi connectivity index (χ1v) is 19.2. The van der Waals surface area contributed by atoms with Crippen molar-refractivity contribution in [1.82, 2.24) is 5.01 Å². The molecule has 5 rings (SSSR count). The average Bonchev–Trinajstić information content (AvgIpc) is 3.43. The number of aliphatic hydroxyl groups excluding tert-OH is 3. The van der Waals surface area contributed by atoms with Gasteiger partial charge in [-0.1, -0.05) is 59.8 Å². The number of aliphatic hydroxyl groups is 3. The fourth-order valence-corrected chi connectivity index (χ4v) is 7.36. The third-order valence-electron chi connectivity index (χ3n) is 11.1. The van der Waals surface area contributed by atoms with Crippen LogP contribution in [0.5, 0.6) is 23.0 Å². The van der Waals surface area contributed by atoms with Gasteiger partial charge in [-0.05, 0) is 32.8 Å². The number of rotatable bonds is 7. The van der Waals surface area contributed by atoms with E-state index >= 15 is 0 Å². The summed E-state index contributed by atoms with van der Waals surface area (Å²) in [5.74, 6) is -7.59. The fraction of sp³-hybridized carbons (Fsp3) is 0.548. The molecule has 3 aliphatic rings. The fourth-order valence-electron chi connectivity index (χ4n) is 7.36. The van der Waals surface area contributed by atoms with Gasteiger partial charge < -0.3 is 50.2 Å². The molecule has 0 spiro atoms. The van der Waals surface area contributed by atoms with Crippen LogP contribution in [0, 0.1) is 30.6 Å². The van der Waals surface area contributed by atoms with E-state index in [1.54, 1.807) is 44.9 Å². The van der Waals surface area contributed by atoms with Gasteiger partial charge in [0.2, 0.25) is 0 Å². The first-order valence-electron chi connectivity index (χ1n) is 19.2. The van der Waals surface area contributed by atoms with E-state index < -0.39 is 82.8 Å². The van der Waals surface area contributed by atoms with E-state index in [2.05, 4.69) is 10.4 Å². The topological polar surface area (TPSA) is 211 Å². The molecular formula is C42H59N3O11. The zero-order valence-corrected chi connectivity index (χ0v) is 34.0. The van der Waals surface area contributed by atoms with Crippen molar-refractivity contribution in [3.63, 3.8) is 0 Å². The number of amides is 1. The van der Waals surface area contributed by atoms with Gasteiger partial charge in [0, 0.05) is 67.3 Å². The number of ether oxygens (including phenoxy) is 3. The van der Waals surface area contributed by atoms with Gasteiger partial charge in [0.1, 0.15) is 17.2 Å². The van der Waals surface area contributed by atoms with Crippen LogP contribution in [0.15, 0.2) is 41.2 Å². The van der Waals surface area contributed by atoms with Crippen LogP contribution in [-0.4, -0.2) is 104 Å². The molecule has 3 aliphatic heterocycles. The van der Waals surface area contributed by atoms with E-state index in [0.29, 0.717) is 13.1 Å². The molecule has 2 aromatic carbocycles. The number of Topliss-reactive ketones (excluding diaryl/α,β-unsaturated/α-hetero) is 1. The third kappa shape index (κ3) is 8.53. The molecule has 3 heterocycles. The second-order valence-corrected chi connectivity index (χ2v) is 15.2. The Labute approximate surface area is 328 Å². The van der Waals surface area contributed by atoms with Crippen LogP contribution in [-0.2, 0) is 14.3 Å². The first kappa shape index (κ1) is 44.1. The Balaban J connectivity index is 1.98. The second kappa shape index (κ2) is 18.1. The number of allylic oxidation sites excluding steroid dienone is 2. The molecule has 0 radical (unpaired) electrons. The van der Waals surface area contributed by atoms with Crippen LogP contribution in [0.2, 0.25) is 0 Å². The van der Waals surface area contributed by atoms with Crippen molar-refractivity contribution < 1.29 is 54.4 Å². The average molecular weight is 782 g/mol. The lowest BCUT2D eigenvalue weighted by Gasteiger charge is -2.36. The lowest BCUT2D eigenvalue weighted by atomic mass is 9.78. The molecule has 0 unspecified atom stereocenters. The standard InChI is InChI=1S/C42H59N3O11/c1-11-17-45(18-12-2)43-20-27-32-38(51)30-29(37(27)50)31-39(26(8)36(30)49)56-42(9,40(31)52)55-19-16-28(54-10)23(5)34(47)25(7)35(48)24(6)33(46)21(3)14-13-15-22(4)41(53)44-32/h13-16,19-21,23-25,28,33-35,46-51H,11-12,17-18H2,1-10H3,(H,44,53)/b14-13+,19-16+,22-15-,43-20-/t21-,23-,24-,25+,28-,33+,34-,35+,42+/m1/s1. The number of aromatic hydroxyl groups is 3. The Bertz CT molecular complexity index is 1900. The van der Waals surface area contributed by atoms with Gasteiger partial charge in [-0.25, -0.2) is 0 Å². The number of phenols is 3. The van der Waals surface area contributed by atoms with Gasteiger partial charge in [-0.3, -0.25) is 14.6 Å².